The lowest BCUT2D eigenvalue weighted by molar-refractivity contribution is 0.101. The summed E-state index contributed by atoms with van der Waals surface area (Å²) in [6, 6.07) is 4.65. The number of piperazine rings is 1. The number of anilines is 1. The van der Waals surface area contributed by atoms with Crippen molar-refractivity contribution in [1.29, 1.82) is 0 Å². The van der Waals surface area contributed by atoms with E-state index in [2.05, 4.69) is 15.0 Å². The van der Waals surface area contributed by atoms with Crippen molar-refractivity contribution in [2.75, 3.05) is 31.1 Å². The number of Topliss-reactive ketones (excluding diaryl/α,β-unsaturated/α-hetero) is 1. The number of ketones is 1. The van der Waals surface area contributed by atoms with Gasteiger partial charge in [0.05, 0.1) is 18.8 Å². The second-order valence-corrected chi connectivity index (χ2v) is 5.79. The molecule has 0 saturated carbocycles. The first-order chi connectivity index (χ1) is 11.6. The highest BCUT2D eigenvalue weighted by atomic mass is 35.5. The Balaban J connectivity index is 0.00000169. The first kappa shape index (κ1) is 22.3. The Labute approximate surface area is 163 Å². The van der Waals surface area contributed by atoms with E-state index in [0.29, 0.717) is 42.6 Å². The van der Waals surface area contributed by atoms with E-state index < -0.39 is 0 Å². The van der Waals surface area contributed by atoms with Gasteiger partial charge in [-0.05, 0) is 25.1 Å². The fourth-order valence-electron chi connectivity index (χ4n) is 2.77. The number of hydrogen-bond donors (Lipinski definition) is 1. The van der Waals surface area contributed by atoms with Gasteiger partial charge in [0.2, 0.25) is 5.89 Å². The number of hydrogen-bond acceptors (Lipinski definition) is 7. The van der Waals surface area contributed by atoms with Crippen LogP contribution < -0.4 is 10.6 Å². The van der Waals surface area contributed by atoms with Crippen molar-refractivity contribution in [3.8, 4) is 0 Å². The van der Waals surface area contributed by atoms with Crippen LogP contribution in [0.1, 0.15) is 29.0 Å². The Morgan fingerprint density at radius 2 is 1.96 bits per heavy atom. The molecule has 0 radical (unpaired) electrons. The first-order valence-electron chi connectivity index (χ1n) is 7.86. The molecule has 0 bridgehead atoms. The van der Waals surface area contributed by atoms with Crippen molar-refractivity contribution in [2.24, 2.45) is 5.73 Å². The van der Waals surface area contributed by atoms with Crippen LogP contribution in [-0.2, 0) is 13.1 Å². The first-order valence-corrected chi connectivity index (χ1v) is 7.86. The number of aromatic nitrogens is 2. The highest BCUT2D eigenvalue weighted by Gasteiger charge is 2.21. The standard InChI is InChI=1S/C16H20FN5O2.2ClH/c1-11(23)12-2-3-14(13(17)8-12)22-6-4-21(5-7-22)10-15-19-16(9-18)24-20-15;;/h2-3,8H,4-7,9-10,18H2,1H3;2*1H. The molecule has 1 saturated heterocycles. The molecule has 26 heavy (non-hydrogen) atoms. The zero-order chi connectivity index (χ0) is 17.1. The van der Waals surface area contributed by atoms with Gasteiger partial charge in [-0.2, -0.15) is 4.98 Å². The summed E-state index contributed by atoms with van der Waals surface area (Å²) in [6.07, 6.45) is 0. The zero-order valence-electron chi connectivity index (χ0n) is 14.4. The Morgan fingerprint density at radius 3 is 2.50 bits per heavy atom. The molecule has 1 fully saturated rings. The van der Waals surface area contributed by atoms with Gasteiger partial charge in [0.1, 0.15) is 5.82 Å². The van der Waals surface area contributed by atoms with E-state index in [-0.39, 0.29) is 43.0 Å². The molecule has 2 aromatic rings. The summed E-state index contributed by atoms with van der Waals surface area (Å²) in [5, 5.41) is 3.89. The third-order valence-corrected chi connectivity index (χ3v) is 4.12. The Morgan fingerprint density at radius 1 is 1.27 bits per heavy atom. The van der Waals surface area contributed by atoms with Crippen molar-refractivity contribution in [1.82, 2.24) is 15.0 Å². The predicted molar refractivity (Wildman–Crippen MR) is 101 cm³/mol. The minimum Gasteiger partial charge on any atom is -0.367 e. The molecule has 3 rings (SSSR count). The van der Waals surface area contributed by atoms with Gasteiger partial charge in [0.25, 0.3) is 0 Å². The molecule has 0 unspecified atom stereocenters. The number of halogens is 3. The molecular weight excluding hydrogens is 384 g/mol. The fourth-order valence-corrected chi connectivity index (χ4v) is 2.77. The van der Waals surface area contributed by atoms with E-state index in [4.69, 9.17) is 10.3 Å². The fraction of sp³-hybridized carbons (Fsp3) is 0.438. The Hall–Kier alpha value is -1.74. The summed E-state index contributed by atoms with van der Waals surface area (Å²) >= 11 is 0. The smallest absolute Gasteiger partial charge is 0.240 e. The zero-order valence-corrected chi connectivity index (χ0v) is 16.0. The van der Waals surface area contributed by atoms with Gasteiger partial charge in [-0.3, -0.25) is 9.69 Å². The van der Waals surface area contributed by atoms with Crippen molar-refractivity contribution >= 4 is 36.3 Å². The molecule has 0 spiro atoms. The van der Waals surface area contributed by atoms with Gasteiger partial charge in [0, 0.05) is 31.7 Å². The molecule has 144 valence electrons. The molecule has 1 aromatic heterocycles. The molecule has 0 amide bonds. The van der Waals surface area contributed by atoms with Crippen LogP contribution in [0, 0.1) is 5.82 Å². The van der Waals surface area contributed by atoms with Crippen molar-refractivity contribution in [2.45, 2.75) is 20.0 Å². The average Bonchev–Trinajstić information content (AvgIpc) is 3.03. The lowest BCUT2D eigenvalue weighted by Crippen LogP contribution is -2.46. The SMILES string of the molecule is CC(=O)c1ccc(N2CCN(Cc3noc(CN)n3)CC2)c(F)c1.Cl.Cl. The predicted octanol–water partition coefficient (Wildman–Crippen LogP) is 2.04. The lowest BCUT2D eigenvalue weighted by atomic mass is 10.1. The van der Waals surface area contributed by atoms with Gasteiger partial charge >= 0.3 is 0 Å². The number of rotatable bonds is 5. The largest absolute Gasteiger partial charge is 0.367 e. The minimum atomic E-state index is -0.359. The Kier molecular flexibility index (Phi) is 8.42. The van der Waals surface area contributed by atoms with Crippen LogP contribution in [-0.4, -0.2) is 47.0 Å². The van der Waals surface area contributed by atoms with Crippen molar-refractivity contribution in [3.63, 3.8) is 0 Å². The molecule has 2 N–H and O–H groups in total. The van der Waals surface area contributed by atoms with Gasteiger partial charge in [0.15, 0.2) is 11.6 Å². The van der Waals surface area contributed by atoms with E-state index in [1.165, 1.54) is 13.0 Å². The third-order valence-electron chi connectivity index (χ3n) is 4.12. The summed E-state index contributed by atoms with van der Waals surface area (Å²) in [4.78, 5) is 19.7. The highest BCUT2D eigenvalue weighted by molar-refractivity contribution is 5.94. The summed E-state index contributed by atoms with van der Waals surface area (Å²) in [7, 11) is 0. The molecular formula is C16H22Cl2FN5O2. The van der Waals surface area contributed by atoms with E-state index in [9.17, 15) is 9.18 Å². The van der Waals surface area contributed by atoms with Crippen LogP contribution in [0.5, 0.6) is 0 Å². The summed E-state index contributed by atoms with van der Waals surface area (Å²) in [5.41, 5.74) is 6.37. The van der Waals surface area contributed by atoms with Crippen LogP contribution in [0.3, 0.4) is 0 Å². The number of nitrogens with two attached hydrogens (primary N) is 1. The van der Waals surface area contributed by atoms with Crippen LogP contribution in [0.4, 0.5) is 10.1 Å². The van der Waals surface area contributed by atoms with Crippen LogP contribution in [0.25, 0.3) is 0 Å². The molecule has 0 aliphatic carbocycles. The van der Waals surface area contributed by atoms with Crippen LogP contribution in [0.2, 0.25) is 0 Å². The van der Waals surface area contributed by atoms with Gasteiger partial charge < -0.3 is 15.2 Å². The Bertz CT molecular complexity index is 735. The second-order valence-electron chi connectivity index (χ2n) is 5.79. The summed E-state index contributed by atoms with van der Waals surface area (Å²) in [5.74, 6) is 0.543. The second kappa shape index (κ2) is 9.82. The van der Waals surface area contributed by atoms with E-state index in [1.54, 1.807) is 12.1 Å². The molecule has 1 aromatic carbocycles. The average molecular weight is 406 g/mol. The lowest BCUT2D eigenvalue weighted by Gasteiger charge is -2.35. The summed E-state index contributed by atoms with van der Waals surface area (Å²) < 4.78 is 19.2. The van der Waals surface area contributed by atoms with Crippen LogP contribution in [0.15, 0.2) is 22.7 Å². The monoisotopic (exact) mass is 405 g/mol. The maximum absolute atomic E-state index is 14.2. The molecule has 1 aliphatic heterocycles. The normalized spacial score (nSPS) is 14.5. The van der Waals surface area contributed by atoms with Crippen molar-refractivity contribution in [3.05, 3.63) is 41.3 Å². The van der Waals surface area contributed by atoms with E-state index >= 15 is 0 Å². The topological polar surface area (TPSA) is 88.5 Å². The number of carbonyl (C=O) groups excluding carboxylic acids is 1. The number of benzene rings is 1. The molecule has 2 heterocycles. The molecule has 7 nitrogen and oxygen atoms in total. The molecule has 0 atom stereocenters. The van der Waals surface area contributed by atoms with E-state index in [0.717, 1.165) is 13.1 Å². The van der Waals surface area contributed by atoms with Gasteiger partial charge in [-0.15, -0.1) is 24.8 Å². The highest BCUT2D eigenvalue weighted by Crippen LogP contribution is 2.22. The molecule has 10 heteroatoms. The minimum absolute atomic E-state index is 0. The van der Waals surface area contributed by atoms with Gasteiger partial charge in [-0.25, -0.2) is 4.39 Å². The van der Waals surface area contributed by atoms with E-state index in [1.807, 2.05) is 4.90 Å². The van der Waals surface area contributed by atoms with Crippen molar-refractivity contribution < 1.29 is 13.7 Å². The third kappa shape index (κ3) is 5.14. The molecule has 1 aliphatic rings. The van der Waals surface area contributed by atoms with Gasteiger partial charge in [-0.1, -0.05) is 5.16 Å². The van der Waals surface area contributed by atoms with Crippen LogP contribution >= 0.6 is 24.8 Å². The summed E-state index contributed by atoms with van der Waals surface area (Å²) in [6.45, 7) is 5.16. The number of nitrogens with zero attached hydrogens (tertiary/aromatic N) is 4. The maximum Gasteiger partial charge on any atom is 0.240 e. The number of carbonyl (C=O) groups is 1. The maximum atomic E-state index is 14.2. The quantitative estimate of drug-likeness (QED) is 0.761.